The number of aromatic nitrogens is 2. The molecule has 1 aromatic heterocycles. The fourth-order valence-electron chi connectivity index (χ4n) is 2.64. The molecule has 0 atom stereocenters. The Labute approximate surface area is 159 Å². The summed E-state index contributed by atoms with van der Waals surface area (Å²) >= 11 is 4.58. The molecule has 1 aliphatic heterocycles. The molecule has 2 heterocycles. The van der Waals surface area contributed by atoms with Crippen LogP contribution >= 0.6 is 34.9 Å². The molecule has 1 aromatic carbocycles. The zero-order chi connectivity index (χ0) is 17.6. The molecule has 1 saturated heterocycles. The Balaban J connectivity index is 1.50. The van der Waals surface area contributed by atoms with Gasteiger partial charge in [-0.2, -0.15) is 0 Å². The van der Waals surface area contributed by atoms with Gasteiger partial charge in [-0.05, 0) is 18.4 Å². The molecule has 1 aliphatic rings. The van der Waals surface area contributed by atoms with Gasteiger partial charge in [0.1, 0.15) is 5.75 Å². The van der Waals surface area contributed by atoms with E-state index in [-0.39, 0.29) is 5.91 Å². The van der Waals surface area contributed by atoms with E-state index in [2.05, 4.69) is 21.2 Å². The van der Waals surface area contributed by atoms with Crippen LogP contribution in [-0.2, 0) is 4.79 Å². The lowest BCUT2D eigenvalue weighted by atomic mass is 10.2. The molecule has 1 fully saturated rings. The summed E-state index contributed by atoms with van der Waals surface area (Å²) in [7, 11) is 1.69. The number of carbonyl (C=O) groups is 1. The van der Waals surface area contributed by atoms with Crippen LogP contribution < -0.4 is 9.64 Å². The largest absolute Gasteiger partial charge is 0.495 e. The predicted octanol–water partition coefficient (Wildman–Crippen LogP) is 2.71. The zero-order valence-corrected chi connectivity index (χ0v) is 16.6. The molecular formula is C16H20N4O2S3. The molecule has 0 saturated carbocycles. The van der Waals surface area contributed by atoms with E-state index in [4.69, 9.17) is 4.74 Å². The van der Waals surface area contributed by atoms with Gasteiger partial charge < -0.3 is 14.5 Å². The van der Waals surface area contributed by atoms with E-state index < -0.39 is 0 Å². The summed E-state index contributed by atoms with van der Waals surface area (Å²) < 4.78 is 7.22. The van der Waals surface area contributed by atoms with Crippen LogP contribution in [0.2, 0.25) is 0 Å². The van der Waals surface area contributed by atoms with Crippen molar-refractivity contribution in [2.75, 3.05) is 50.2 Å². The monoisotopic (exact) mass is 396 g/mol. The van der Waals surface area contributed by atoms with Crippen molar-refractivity contribution < 1.29 is 9.53 Å². The predicted molar refractivity (Wildman–Crippen MR) is 104 cm³/mol. The van der Waals surface area contributed by atoms with Gasteiger partial charge in [-0.3, -0.25) is 4.79 Å². The summed E-state index contributed by atoms with van der Waals surface area (Å²) in [5.74, 6) is 1.45. The van der Waals surface area contributed by atoms with Crippen molar-refractivity contribution in [2.45, 2.75) is 8.68 Å². The van der Waals surface area contributed by atoms with Crippen molar-refractivity contribution in [2.24, 2.45) is 0 Å². The highest BCUT2D eigenvalue weighted by atomic mass is 32.2. The number of para-hydroxylation sites is 2. The second-order valence-electron chi connectivity index (χ2n) is 5.37. The van der Waals surface area contributed by atoms with Crippen LogP contribution in [0.5, 0.6) is 5.75 Å². The third-order valence-electron chi connectivity index (χ3n) is 3.94. The molecule has 3 rings (SSSR count). The van der Waals surface area contributed by atoms with E-state index in [9.17, 15) is 4.79 Å². The summed E-state index contributed by atoms with van der Waals surface area (Å²) in [5, 5.41) is 8.14. The van der Waals surface area contributed by atoms with Crippen molar-refractivity contribution in [3.8, 4) is 5.75 Å². The van der Waals surface area contributed by atoms with Gasteiger partial charge >= 0.3 is 0 Å². The van der Waals surface area contributed by atoms with Crippen LogP contribution in [0.4, 0.5) is 5.69 Å². The van der Waals surface area contributed by atoms with Gasteiger partial charge in [-0.1, -0.05) is 47.0 Å². The lowest BCUT2D eigenvalue weighted by molar-refractivity contribution is -0.128. The Morgan fingerprint density at radius 1 is 1.20 bits per heavy atom. The summed E-state index contributed by atoms with van der Waals surface area (Å²) in [6.07, 6.45) is 1.97. The second kappa shape index (κ2) is 8.77. The fraction of sp³-hybridized carbons (Fsp3) is 0.438. The average molecular weight is 397 g/mol. The standard InChI is InChI=1S/C16H20N4O2S3/c1-22-13-6-4-3-5-12(13)19-7-9-20(10-8-19)14(21)11-24-16-18-17-15(23-2)25-16/h3-6H,7-11H2,1-2H3. The van der Waals surface area contributed by atoms with Crippen molar-refractivity contribution in [3.63, 3.8) is 0 Å². The first kappa shape index (κ1) is 18.3. The van der Waals surface area contributed by atoms with E-state index in [0.717, 1.165) is 46.3 Å². The van der Waals surface area contributed by atoms with Crippen molar-refractivity contribution in [3.05, 3.63) is 24.3 Å². The molecule has 0 spiro atoms. The third-order valence-corrected chi connectivity index (χ3v) is 6.96. The Bertz CT molecular complexity index is 717. The number of benzene rings is 1. The molecule has 0 aliphatic carbocycles. The first-order chi connectivity index (χ1) is 12.2. The Kier molecular flexibility index (Phi) is 6.44. The number of carbonyl (C=O) groups excluding carboxylic acids is 1. The Morgan fingerprint density at radius 2 is 1.92 bits per heavy atom. The van der Waals surface area contributed by atoms with Crippen molar-refractivity contribution >= 4 is 46.5 Å². The zero-order valence-electron chi connectivity index (χ0n) is 14.2. The SMILES string of the molecule is COc1ccccc1N1CCN(C(=O)CSc2nnc(SC)s2)CC1. The van der Waals surface area contributed by atoms with Crippen LogP contribution in [-0.4, -0.2) is 66.3 Å². The molecule has 0 bridgehead atoms. The van der Waals surface area contributed by atoms with E-state index in [1.54, 1.807) is 18.9 Å². The highest BCUT2D eigenvalue weighted by Crippen LogP contribution is 2.29. The van der Waals surface area contributed by atoms with Crippen LogP contribution in [0.1, 0.15) is 0 Å². The van der Waals surface area contributed by atoms with E-state index in [1.807, 2.05) is 29.4 Å². The minimum absolute atomic E-state index is 0.158. The normalized spacial score (nSPS) is 14.6. The minimum atomic E-state index is 0.158. The quantitative estimate of drug-likeness (QED) is 0.696. The minimum Gasteiger partial charge on any atom is -0.495 e. The highest BCUT2D eigenvalue weighted by Gasteiger charge is 2.23. The summed E-state index contributed by atoms with van der Waals surface area (Å²) in [4.78, 5) is 16.6. The lowest BCUT2D eigenvalue weighted by Gasteiger charge is -2.36. The number of hydrogen-bond acceptors (Lipinski definition) is 8. The van der Waals surface area contributed by atoms with Crippen LogP contribution in [0.15, 0.2) is 32.9 Å². The molecule has 9 heteroatoms. The molecule has 0 N–H and O–H groups in total. The number of piperazine rings is 1. The number of rotatable bonds is 6. The second-order valence-corrected chi connectivity index (χ2v) is 8.62. The average Bonchev–Trinajstić information content (AvgIpc) is 3.14. The molecule has 134 valence electrons. The molecule has 0 unspecified atom stereocenters. The Hall–Kier alpha value is -1.45. The Morgan fingerprint density at radius 3 is 2.60 bits per heavy atom. The summed E-state index contributed by atoms with van der Waals surface area (Å²) in [6, 6.07) is 8.01. The lowest BCUT2D eigenvalue weighted by Crippen LogP contribution is -2.49. The van der Waals surface area contributed by atoms with Gasteiger partial charge in [-0.15, -0.1) is 10.2 Å². The number of thioether (sulfide) groups is 2. The number of anilines is 1. The molecule has 25 heavy (non-hydrogen) atoms. The van der Waals surface area contributed by atoms with Crippen molar-refractivity contribution in [1.29, 1.82) is 0 Å². The van der Waals surface area contributed by atoms with E-state index >= 15 is 0 Å². The van der Waals surface area contributed by atoms with Crippen molar-refractivity contribution in [1.82, 2.24) is 15.1 Å². The first-order valence-electron chi connectivity index (χ1n) is 7.87. The third kappa shape index (κ3) is 4.59. The van der Waals surface area contributed by atoms with E-state index in [1.165, 1.54) is 23.1 Å². The number of methoxy groups -OCH3 is 1. The first-order valence-corrected chi connectivity index (χ1v) is 10.9. The molecule has 2 aromatic rings. The highest BCUT2D eigenvalue weighted by molar-refractivity contribution is 8.03. The van der Waals surface area contributed by atoms with E-state index in [0.29, 0.717) is 5.75 Å². The topological polar surface area (TPSA) is 58.6 Å². The molecule has 1 amide bonds. The van der Waals surface area contributed by atoms with Crippen LogP contribution in [0, 0.1) is 0 Å². The van der Waals surface area contributed by atoms with Crippen LogP contribution in [0.3, 0.4) is 0 Å². The summed E-state index contributed by atoms with van der Waals surface area (Å²) in [5.41, 5.74) is 1.09. The maximum atomic E-state index is 12.4. The van der Waals surface area contributed by atoms with Gasteiger partial charge in [0.15, 0.2) is 8.68 Å². The van der Waals surface area contributed by atoms with Gasteiger partial charge in [0, 0.05) is 26.2 Å². The van der Waals surface area contributed by atoms with Gasteiger partial charge in [-0.25, -0.2) is 0 Å². The maximum absolute atomic E-state index is 12.4. The number of ether oxygens (including phenoxy) is 1. The number of hydrogen-bond donors (Lipinski definition) is 0. The number of amides is 1. The smallest absolute Gasteiger partial charge is 0.233 e. The molecular weight excluding hydrogens is 376 g/mol. The number of nitrogens with zero attached hydrogens (tertiary/aromatic N) is 4. The molecule has 6 nitrogen and oxygen atoms in total. The maximum Gasteiger partial charge on any atom is 0.233 e. The fourth-order valence-corrected chi connectivity index (χ4v) is 4.98. The van der Waals surface area contributed by atoms with Crippen LogP contribution in [0.25, 0.3) is 0 Å². The molecule has 0 radical (unpaired) electrons. The summed E-state index contributed by atoms with van der Waals surface area (Å²) in [6.45, 7) is 3.08. The van der Waals surface area contributed by atoms with Gasteiger partial charge in [0.05, 0.1) is 18.6 Å². The van der Waals surface area contributed by atoms with Gasteiger partial charge in [0.2, 0.25) is 5.91 Å². The van der Waals surface area contributed by atoms with Gasteiger partial charge in [0.25, 0.3) is 0 Å².